The molecular formula is C16H21NO4S. The fourth-order valence-electron chi connectivity index (χ4n) is 2.41. The molecule has 1 saturated heterocycles. The van der Waals surface area contributed by atoms with Crippen molar-refractivity contribution in [3.05, 3.63) is 29.8 Å². The summed E-state index contributed by atoms with van der Waals surface area (Å²) in [5.74, 6) is -1.20. The summed E-state index contributed by atoms with van der Waals surface area (Å²) in [6.45, 7) is 3.06. The van der Waals surface area contributed by atoms with Crippen LogP contribution in [0.1, 0.15) is 18.4 Å². The summed E-state index contributed by atoms with van der Waals surface area (Å²) in [5.41, 5.74) is 1.16. The third-order valence-electron chi connectivity index (χ3n) is 3.64. The first kappa shape index (κ1) is 16.8. The predicted molar refractivity (Wildman–Crippen MR) is 85.0 cm³/mol. The summed E-state index contributed by atoms with van der Waals surface area (Å²) in [6, 6.07) is 7.01. The Morgan fingerprint density at radius 3 is 2.73 bits per heavy atom. The quantitative estimate of drug-likeness (QED) is 0.784. The average molecular weight is 323 g/mol. The molecule has 0 radical (unpaired) electrons. The van der Waals surface area contributed by atoms with Gasteiger partial charge < -0.3 is 15.2 Å². The van der Waals surface area contributed by atoms with E-state index >= 15 is 0 Å². The Morgan fingerprint density at radius 1 is 1.41 bits per heavy atom. The van der Waals surface area contributed by atoms with Crippen molar-refractivity contribution >= 4 is 23.6 Å². The highest BCUT2D eigenvalue weighted by molar-refractivity contribution is 8.00. The molecule has 1 aliphatic heterocycles. The number of rotatable bonds is 6. The van der Waals surface area contributed by atoms with Gasteiger partial charge in [0.25, 0.3) is 0 Å². The van der Waals surface area contributed by atoms with Crippen LogP contribution in [0, 0.1) is 12.8 Å². The van der Waals surface area contributed by atoms with E-state index in [1.807, 2.05) is 31.2 Å². The van der Waals surface area contributed by atoms with Crippen LogP contribution < -0.4 is 5.32 Å². The molecule has 2 N–H and O–H groups in total. The summed E-state index contributed by atoms with van der Waals surface area (Å²) in [4.78, 5) is 24.4. The molecule has 0 aromatic heterocycles. The van der Waals surface area contributed by atoms with Crippen molar-refractivity contribution in [2.24, 2.45) is 5.92 Å². The molecule has 22 heavy (non-hydrogen) atoms. The van der Waals surface area contributed by atoms with Crippen LogP contribution in [0.15, 0.2) is 29.2 Å². The number of hydrogen-bond acceptors (Lipinski definition) is 4. The van der Waals surface area contributed by atoms with Gasteiger partial charge in [-0.3, -0.25) is 4.79 Å². The van der Waals surface area contributed by atoms with Crippen molar-refractivity contribution < 1.29 is 19.4 Å². The molecule has 0 spiro atoms. The number of aliphatic carboxylic acids is 1. The van der Waals surface area contributed by atoms with Crippen LogP contribution in [-0.4, -0.2) is 42.0 Å². The van der Waals surface area contributed by atoms with Crippen molar-refractivity contribution in [2.75, 3.05) is 19.0 Å². The summed E-state index contributed by atoms with van der Waals surface area (Å²) in [5, 5.41) is 11.9. The number of carbonyl (C=O) groups excluding carboxylic acids is 1. The number of benzene rings is 1. The highest BCUT2D eigenvalue weighted by Gasteiger charge is 2.31. The van der Waals surface area contributed by atoms with E-state index in [9.17, 15) is 14.7 Å². The zero-order chi connectivity index (χ0) is 15.9. The SMILES string of the molecule is Cc1ccc(SCC(=O)NC(C(=O)O)C2CCCOC2)cc1. The minimum atomic E-state index is -0.996. The monoisotopic (exact) mass is 323 g/mol. The molecule has 1 aliphatic rings. The Balaban J connectivity index is 1.85. The third-order valence-corrected chi connectivity index (χ3v) is 4.65. The number of carbonyl (C=O) groups is 2. The Labute approximate surface area is 134 Å². The van der Waals surface area contributed by atoms with Gasteiger partial charge in [-0.25, -0.2) is 4.79 Å². The van der Waals surface area contributed by atoms with E-state index in [0.29, 0.717) is 13.2 Å². The predicted octanol–water partition coefficient (Wildman–Crippen LogP) is 2.08. The van der Waals surface area contributed by atoms with Gasteiger partial charge >= 0.3 is 5.97 Å². The van der Waals surface area contributed by atoms with Crippen LogP contribution in [0.2, 0.25) is 0 Å². The van der Waals surface area contributed by atoms with Crippen molar-refractivity contribution in [1.82, 2.24) is 5.32 Å². The normalized spacial score (nSPS) is 19.4. The second kappa shape index (κ2) is 8.19. The fraction of sp³-hybridized carbons (Fsp3) is 0.500. The van der Waals surface area contributed by atoms with E-state index in [4.69, 9.17) is 4.74 Å². The van der Waals surface area contributed by atoms with Crippen LogP contribution in [0.25, 0.3) is 0 Å². The second-order valence-corrected chi connectivity index (χ2v) is 6.51. The van der Waals surface area contributed by atoms with Crippen LogP contribution in [0.4, 0.5) is 0 Å². The molecule has 2 atom stereocenters. The third kappa shape index (κ3) is 5.03. The van der Waals surface area contributed by atoms with Crippen molar-refractivity contribution in [2.45, 2.75) is 30.7 Å². The van der Waals surface area contributed by atoms with Gasteiger partial charge in [-0.1, -0.05) is 17.7 Å². The van der Waals surface area contributed by atoms with E-state index in [2.05, 4.69) is 5.32 Å². The fourth-order valence-corrected chi connectivity index (χ4v) is 3.12. The van der Waals surface area contributed by atoms with Gasteiger partial charge in [0, 0.05) is 17.4 Å². The number of carboxylic acids is 1. The van der Waals surface area contributed by atoms with Gasteiger partial charge in [-0.05, 0) is 31.9 Å². The number of nitrogens with one attached hydrogen (secondary N) is 1. The molecule has 6 heteroatoms. The van der Waals surface area contributed by atoms with E-state index < -0.39 is 12.0 Å². The molecule has 120 valence electrons. The Hall–Kier alpha value is -1.53. The van der Waals surface area contributed by atoms with Gasteiger partial charge in [0.15, 0.2) is 0 Å². The molecule has 1 aromatic rings. The Morgan fingerprint density at radius 2 is 2.14 bits per heavy atom. The second-order valence-electron chi connectivity index (χ2n) is 5.46. The molecule has 1 heterocycles. The highest BCUT2D eigenvalue weighted by Crippen LogP contribution is 2.20. The molecule has 0 bridgehead atoms. The lowest BCUT2D eigenvalue weighted by molar-refractivity contribution is -0.144. The average Bonchev–Trinajstić information content (AvgIpc) is 2.52. The van der Waals surface area contributed by atoms with Gasteiger partial charge in [-0.2, -0.15) is 0 Å². The van der Waals surface area contributed by atoms with E-state index in [-0.39, 0.29) is 17.6 Å². The molecular weight excluding hydrogens is 302 g/mol. The summed E-state index contributed by atoms with van der Waals surface area (Å²) in [6.07, 6.45) is 1.60. The van der Waals surface area contributed by atoms with Crippen molar-refractivity contribution in [1.29, 1.82) is 0 Å². The number of ether oxygens (including phenoxy) is 1. The maximum Gasteiger partial charge on any atom is 0.326 e. The topological polar surface area (TPSA) is 75.6 Å². The minimum Gasteiger partial charge on any atom is -0.480 e. The van der Waals surface area contributed by atoms with Gasteiger partial charge in [0.1, 0.15) is 6.04 Å². The van der Waals surface area contributed by atoms with Gasteiger partial charge in [0.05, 0.1) is 12.4 Å². The maximum atomic E-state index is 12.0. The maximum absolute atomic E-state index is 12.0. The molecule has 2 rings (SSSR count). The number of carboxylic acid groups (broad SMARTS) is 1. The number of hydrogen-bond donors (Lipinski definition) is 2. The first-order chi connectivity index (χ1) is 10.6. The number of thioether (sulfide) groups is 1. The lowest BCUT2D eigenvalue weighted by Crippen LogP contribution is -2.48. The van der Waals surface area contributed by atoms with Crippen molar-refractivity contribution in [3.63, 3.8) is 0 Å². The zero-order valence-corrected chi connectivity index (χ0v) is 13.4. The molecule has 0 aliphatic carbocycles. The largest absolute Gasteiger partial charge is 0.480 e. The van der Waals surface area contributed by atoms with E-state index in [0.717, 1.165) is 23.3 Å². The molecule has 1 amide bonds. The first-order valence-electron chi connectivity index (χ1n) is 7.35. The standard InChI is InChI=1S/C16H21NO4S/c1-11-4-6-13(7-5-11)22-10-14(18)17-15(16(19)20)12-3-2-8-21-9-12/h4-7,12,15H,2-3,8-10H2,1H3,(H,17,18)(H,19,20). The van der Waals surface area contributed by atoms with Gasteiger partial charge in [-0.15, -0.1) is 11.8 Å². The molecule has 1 fully saturated rings. The first-order valence-corrected chi connectivity index (χ1v) is 8.34. The smallest absolute Gasteiger partial charge is 0.326 e. The lowest BCUT2D eigenvalue weighted by atomic mass is 9.94. The minimum absolute atomic E-state index is 0.153. The summed E-state index contributed by atoms with van der Waals surface area (Å²) < 4.78 is 5.32. The van der Waals surface area contributed by atoms with Crippen LogP contribution in [-0.2, 0) is 14.3 Å². The Kier molecular flexibility index (Phi) is 6.27. The van der Waals surface area contributed by atoms with Crippen LogP contribution in [0.5, 0.6) is 0 Å². The summed E-state index contributed by atoms with van der Waals surface area (Å²) in [7, 11) is 0. The molecule has 2 unspecified atom stereocenters. The van der Waals surface area contributed by atoms with Crippen LogP contribution >= 0.6 is 11.8 Å². The van der Waals surface area contributed by atoms with E-state index in [1.54, 1.807) is 0 Å². The number of amides is 1. The van der Waals surface area contributed by atoms with Gasteiger partial charge in [0.2, 0.25) is 5.91 Å². The lowest BCUT2D eigenvalue weighted by Gasteiger charge is -2.28. The van der Waals surface area contributed by atoms with Crippen molar-refractivity contribution in [3.8, 4) is 0 Å². The molecule has 5 nitrogen and oxygen atoms in total. The summed E-state index contributed by atoms with van der Waals surface area (Å²) >= 11 is 1.40. The Bertz CT molecular complexity index is 511. The zero-order valence-electron chi connectivity index (χ0n) is 12.6. The molecule has 0 saturated carbocycles. The van der Waals surface area contributed by atoms with E-state index in [1.165, 1.54) is 11.8 Å². The highest BCUT2D eigenvalue weighted by atomic mass is 32.2. The van der Waals surface area contributed by atoms with Crippen LogP contribution in [0.3, 0.4) is 0 Å². The number of aryl methyl sites for hydroxylation is 1. The molecule has 1 aromatic carbocycles.